The molecule has 0 aromatic heterocycles. The van der Waals surface area contributed by atoms with E-state index in [1.54, 1.807) is 14.0 Å². The van der Waals surface area contributed by atoms with Gasteiger partial charge in [-0.05, 0) is 14.0 Å². The molecule has 0 aromatic rings. The first kappa shape index (κ1) is 9.48. The van der Waals surface area contributed by atoms with E-state index in [1.165, 1.54) is 0 Å². The van der Waals surface area contributed by atoms with E-state index in [1.807, 2.05) is 0 Å². The van der Waals surface area contributed by atoms with Crippen LogP contribution in [0.25, 0.3) is 0 Å². The first-order valence-electron chi connectivity index (χ1n) is 4.19. The molecule has 4 heteroatoms. The van der Waals surface area contributed by atoms with Gasteiger partial charge in [0, 0.05) is 13.0 Å². The number of carbonyl (C=O) groups is 1. The molecule has 0 saturated carbocycles. The molecule has 1 rings (SSSR count). The van der Waals surface area contributed by atoms with Gasteiger partial charge < -0.3 is 14.8 Å². The van der Waals surface area contributed by atoms with Crippen molar-refractivity contribution in [3.8, 4) is 0 Å². The summed E-state index contributed by atoms with van der Waals surface area (Å²) in [5, 5.41) is 2.96. The zero-order valence-electron chi connectivity index (χ0n) is 7.55. The van der Waals surface area contributed by atoms with E-state index in [0.29, 0.717) is 26.2 Å². The molecule has 1 saturated heterocycles. The Bertz CT molecular complexity index is 164. The molecular weight excluding hydrogens is 158 g/mol. The fraction of sp³-hybridized carbons (Fsp3) is 0.875. The first-order chi connectivity index (χ1) is 5.75. The molecule has 1 N–H and O–H groups in total. The van der Waals surface area contributed by atoms with Crippen molar-refractivity contribution >= 4 is 5.97 Å². The highest BCUT2D eigenvalue weighted by Gasteiger charge is 2.42. The highest BCUT2D eigenvalue weighted by molar-refractivity contribution is 5.81. The van der Waals surface area contributed by atoms with Gasteiger partial charge in [0.05, 0.1) is 13.2 Å². The summed E-state index contributed by atoms with van der Waals surface area (Å²) in [7, 11) is 1.76. The Morgan fingerprint density at radius 2 is 2.50 bits per heavy atom. The molecule has 1 atom stereocenters. The van der Waals surface area contributed by atoms with Crippen LogP contribution >= 0.6 is 0 Å². The van der Waals surface area contributed by atoms with Gasteiger partial charge in [0.15, 0.2) is 0 Å². The molecule has 12 heavy (non-hydrogen) atoms. The molecule has 1 unspecified atom stereocenters. The Kier molecular flexibility index (Phi) is 3.05. The van der Waals surface area contributed by atoms with Crippen LogP contribution in [0.1, 0.15) is 13.3 Å². The lowest BCUT2D eigenvalue weighted by Crippen LogP contribution is -2.51. The third kappa shape index (κ3) is 1.59. The minimum absolute atomic E-state index is 0.204. The van der Waals surface area contributed by atoms with Crippen molar-refractivity contribution in [2.24, 2.45) is 0 Å². The molecule has 0 radical (unpaired) electrons. The lowest BCUT2D eigenvalue weighted by molar-refractivity contribution is -0.151. The number of likely N-dealkylation sites (N-methyl/N-ethyl adjacent to an activating group) is 1. The smallest absolute Gasteiger partial charge is 0.328 e. The summed E-state index contributed by atoms with van der Waals surface area (Å²) >= 11 is 0. The van der Waals surface area contributed by atoms with Crippen molar-refractivity contribution < 1.29 is 14.3 Å². The maximum Gasteiger partial charge on any atom is 0.328 e. The second-order valence-electron chi connectivity index (χ2n) is 2.86. The van der Waals surface area contributed by atoms with Crippen LogP contribution in [0.15, 0.2) is 0 Å². The van der Waals surface area contributed by atoms with Gasteiger partial charge in [-0.25, -0.2) is 4.79 Å². The zero-order chi connectivity index (χ0) is 9.03. The number of nitrogens with one attached hydrogen (secondary N) is 1. The van der Waals surface area contributed by atoms with Gasteiger partial charge >= 0.3 is 5.97 Å². The second kappa shape index (κ2) is 3.87. The van der Waals surface area contributed by atoms with Crippen LogP contribution in [0.4, 0.5) is 0 Å². The summed E-state index contributed by atoms with van der Waals surface area (Å²) in [6, 6.07) is 0. The molecule has 1 fully saturated rings. The van der Waals surface area contributed by atoms with E-state index in [0.717, 1.165) is 0 Å². The molecule has 0 amide bonds. The summed E-state index contributed by atoms with van der Waals surface area (Å²) in [5.74, 6) is -0.204. The third-order valence-electron chi connectivity index (χ3n) is 2.17. The van der Waals surface area contributed by atoms with Crippen molar-refractivity contribution in [3.63, 3.8) is 0 Å². The van der Waals surface area contributed by atoms with Crippen molar-refractivity contribution in [1.29, 1.82) is 0 Å². The van der Waals surface area contributed by atoms with Crippen molar-refractivity contribution in [2.75, 3.05) is 26.9 Å². The molecule has 4 nitrogen and oxygen atoms in total. The predicted octanol–water partition coefficient (Wildman–Crippen LogP) is -0.0720. The quantitative estimate of drug-likeness (QED) is 0.607. The van der Waals surface area contributed by atoms with Crippen LogP contribution in [0, 0.1) is 0 Å². The number of esters is 1. The number of carbonyl (C=O) groups excluding carboxylic acids is 1. The minimum atomic E-state index is -0.587. The Morgan fingerprint density at radius 3 is 2.92 bits per heavy atom. The summed E-state index contributed by atoms with van der Waals surface area (Å²) in [4.78, 5) is 11.4. The van der Waals surface area contributed by atoms with Crippen LogP contribution in [-0.2, 0) is 14.3 Å². The van der Waals surface area contributed by atoms with Gasteiger partial charge in [0.2, 0.25) is 0 Å². The number of hydrogen-bond acceptors (Lipinski definition) is 4. The third-order valence-corrected chi connectivity index (χ3v) is 2.17. The van der Waals surface area contributed by atoms with Gasteiger partial charge in [0.25, 0.3) is 0 Å². The highest BCUT2D eigenvalue weighted by Crippen LogP contribution is 2.19. The summed E-state index contributed by atoms with van der Waals surface area (Å²) in [6.07, 6.45) is 0.697. The van der Waals surface area contributed by atoms with Gasteiger partial charge in [-0.1, -0.05) is 0 Å². The monoisotopic (exact) mass is 173 g/mol. The predicted molar refractivity (Wildman–Crippen MR) is 43.9 cm³/mol. The Balaban J connectivity index is 2.59. The molecule has 70 valence electrons. The topological polar surface area (TPSA) is 47.6 Å². The van der Waals surface area contributed by atoms with Crippen LogP contribution in [0.5, 0.6) is 0 Å². The Hall–Kier alpha value is -0.610. The maximum atomic E-state index is 11.4. The van der Waals surface area contributed by atoms with Gasteiger partial charge in [-0.3, -0.25) is 0 Å². The first-order valence-corrected chi connectivity index (χ1v) is 4.19. The zero-order valence-corrected chi connectivity index (χ0v) is 7.55. The van der Waals surface area contributed by atoms with Crippen molar-refractivity contribution in [1.82, 2.24) is 5.32 Å². The fourth-order valence-corrected chi connectivity index (χ4v) is 1.29. The van der Waals surface area contributed by atoms with E-state index in [4.69, 9.17) is 9.47 Å². The average Bonchev–Trinajstić information content (AvgIpc) is 2.54. The van der Waals surface area contributed by atoms with E-state index < -0.39 is 5.54 Å². The van der Waals surface area contributed by atoms with Crippen LogP contribution < -0.4 is 5.32 Å². The summed E-state index contributed by atoms with van der Waals surface area (Å²) < 4.78 is 10.1. The normalized spacial score (nSPS) is 28.8. The standard InChI is InChI=1S/C8H15NO3/c1-3-12-7(10)8(9-2)4-5-11-6-8/h9H,3-6H2,1-2H3. The van der Waals surface area contributed by atoms with Crippen molar-refractivity contribution in [2.45, 2.75) is 18.9 Å². The SMILES string of the molecule is CCOC(=O)C1(NC)CCOC1. The number of ether oxygens (including phenoxy) is 2. The Labute approximate surface area is 72.2 Å². The maximum absolute atomic E-state index is 11.4. The summed E-state index contributed by atoms with van der Waals surface area (Å²) in [5.41, 5.74) is -0.587. The lowest BCUT2D eigenvalue weighted by Gasteiger charge is -2.23. The fourth-order valence-electron chi connectivity index (χ4n) is 1.29. The largest absolute Gasteiger partial charge is 0.465 e. The minimum Gasteiger partial charge on any atom is -0.465 e. The average molecular weight is 173 g/mol. The summed E-state index contributed by atoms with van der Waals surface area (Å²) in [6.45, 7) is 3.27. The highest BCUT2D eigenvalue weighted by atomic mass is 16.5. The molecule has 1 heterocycles. The van der Waals surface area contributed by atoms with E-state index in [2.05, 4.69) is 5.32 Å². The molecular formula is C8H15NO3. The van der Waals surface area contributed by atoms with Crippen LogP contribution in [0.2, 0.25) is 0 Å². The van der Waals surface area contributed by atoms with E-state index in [-0.39, 0.29) is 5.97 Å². The Morgan fingerprint density at radius 1 is 1.75 bits per heavy atom. The van der Waals surface area contributed by atoms with Crippen molar-refractivity contribution in [3.05, 3.63) is 0 Å². The van der Waals surface area contributed by atoms with E-state index in [9.17, 15) is 4.79 Å². The van der Waals surface area contributed by atoms with Gasteiger partial charge in [0.1, 0.15) is 5.54 Å². The van der Waals surface area contributed by atoms with Gasteiger partial charge in [-0.2, -0.15) is 0 Å². The molecule has 1 aliphatic heterocycles. The number of hydrogen-bond donors (Lipinski definition) is 1. The van der Waals surface area contributed by atoms with Gasteiger partial charge in [-0.15, -0.1) is 0 Å². The van der Waals surface area contributed by atoms with Crippen LogP contribution in [0.3, 0.4) is 0 Å². The lowest BCUT2D eigenvalue weighted by atomic mass is 10.00. The second-order valence-corrected chi connectivity index (χ2v) is 2.86. The molecule has 0 bridgehead atoms. The van der Waals surface area contributed by atoms with Crippen LogP contribution in [-0.4, -0.2) is 38.4 Å². The van der Waals surface area contributed by atoms with E-state index >= 15 is 0 Å². The molecule has 0 spiro atoms. The molecule has 0 aromatic carbocycles. The molecule has 1 aliphatic rings. The molecule has 0 aliphatic carbocycles. The number of rotatable bonds is 3.